The largest absolute Gasteiger partial charge is 0.465 e. The normalized spacial score (nSPS) is 25.1. The molecule has 0 aromatic carbocycles. The molecule has 18 heavy (non-hydrogen) atoms. The number of hydrogen-bond donors (Lipinski definition) is 2. The van der Waals surface area contributed by atoms with E-state index in [1.54, 1.807) is 0 Å². The summed E-state index contributed by atoms with van der Waals surface area (Å²) in [5.41, 5.74) is 0. The lowest BCUT2D eigenvalue weighted by molar-refractivity contribution is -0.144. The highest BCUT2D eigenvalue weighted by atomic mass is 16.5. The van der Waals surface area contributed by atoms with Crippen LogP contribution in [0.25, 0.3) is 0 Å². The van der Waals surface area contributed by atoms with E-state index in [4.69, 9.17) is 9.84 Å². The third-order valence-electron chi connectivity index (χ3n) is 3.16. The quantitative estimate of drug-likeness (QED) is 0.506. The molecule has 1 saturated heterocycles. The van der Waals surface area contributed by atoms with Crippen molar-refractivity contribution in [2.24, 2.45) is 5.92 Å². The van der Waals surface area contributed by atoms with Crippen LogP contribution in [-0.4, -0.2) is 61.4 Å². The number of aliphatic hydroxyl groups excluding tert-OH is 1. The first-order valence-electron chi connectivity index (χ1n) is 6.88. The lowest BCUT2D eigenvalue weighted by Gasteiger charge is -2.36. The molecule has 1 aliphatic heterocycles. The zero-order valence-electron chi connectivity index (χ0n) is 11.5. The van der Waals surface area contributed by atoms with Crippen molar-refractivity contribution >= 4 is 5.97 Å². The second kappa shape index (κ2) is 8.45. The van der Waals surface area contributed by atoms with Gasteiger partial charge in [-0.2, -0.15) is 0 Å². The highest BCUT2D eigenvalue weighted by Crippen LogP contribution is 2.16. The predicted octanol–water partition coefficient (Wildman–Crippen LogP) is 0.232. The fourth-order valence-corrected chi connectivity index (χ4v) is 2.51. The molecule has 1 rings (SSSR count). The van der Waals surface area contributed by atoms with E-state index in [0.717, 1.165) is 32.5 Å². The molecule has 5 nitrogen and oxygen atoms in total. The monoisotopic (exact) mass is 258 g/mol. The molecule has 2 unspecified atom stereocenters. The van der Waals surface area contributed by atoms with Gasteiger partial charge >= 0.3 is 5.97 Å². The fourth-order valence-electron chi connectivity index (χ4n) is 2.51. The number of likely N-dealkylation sites (tertiary alicyclic amines) is 1. The van der Waals surface area contributed by atoms with Crippen molar-refractivity contribution in [1.82, 2.24) is 10.2 Å². The molecule has 1 aliphatic rings. The number of nitrogens with one attached hydrogen (secondary N) is 1. The Morgan fingerprint density at radius 3 is 2.94 bits per heavy atom. The van der Waals surface area contributed by atoms with Gasteiger partial charge in [0.05, 0.1) is 13.2 Å². The van der Waals surface area contributed by atoms with Crippen molar-refractivity contribution in [3.63, 3.8) is 0 Å². The third-order valence-corrected chi connectivity index (χ3v) is 3.16. The van der Waals surface area contributed by atoms with E-state index in [1.807, 2.05) is 6.92 Å². The molecule has 0 aromatic heterocycles. The first-order chi connectivity index (χ1) is 8.65. The van der Waals surface area contributed by atoms with Crippen LogP contribution in [0.3, 0.4) is 0 Å². The van der Waals surface area contributed by atoms with Gasteiger partial charge in [-0.05, 0) is 32.2 Å². The van der Waals surface area contributed by atoms with Crippen LogP contribution in [0.2, 0.25) is 0 Å². The summed E-state index contributed by atoms with van der Waals surface area (Å²) in [6, 6.07) is 0.412. The summed E-state index contributed by atoms with van der Waals surface area (Å²) in [5, 5.41) is 12.2. The average molecular weight is 258 g/mol. The van der Waals surface area contributed by atoms with Crippen LogP contribution < -0.4 is 5.32 Å². The van der Waals surface area contributed by atoms with Gasteiger partial charge in [0.1, 0.15) is 0 Å². The minimum atomic E-state index is -0.138. The van der Waals surface area contributed by atoms with Crippen LogP contribution in [-0.2, 0) is 9.53 Å². The Morgan fingerprint density at radius 1 is 1.50 bits per heavy atom. The number of hydrogen-bond acceptors (Lipinski definition) is 5. The summed E-state index contributed by atoms with van der Waals surface area (Å²) >= 11 is 0. The Hall–Kier alpha value is -0.650. The molecule has 0 spiro atoms. The minimum absolute atomic E-state index is 0.138. The molecule has 0 radical (unpaired) electrons. The van der Waals surface area contributed by atoms with Gasteiger partial charge in [-0.1, -0.05) is 6.92 Å². The first kappa shape index (κ1) is 15.4. The maximum Gasteiger partial charge on any atom is 0.320 e. The maximum absolute atomic E-state index is 11.5. The average Bonchev–Trinajstić information content (AvgIpc) is 2.28. The zero-order valence-corrected chi connectivity index (χ0v) is 11.5. The van der Waals surface area contributed by atoms with Crippen molar-refractivity contribution in [2.75, 3.05) is 39.4 Å². The van der Waals surface area contributed by atoms with Crippen LogP contribution in [0, 0.1) is 5.92 Å². The van der Waals surface area contributed by atoms with Crippen molar-refractivity contribution in [1.29, 1.82) is 0 Å². The van der Waals surface area contributed by atoms with Crippen LogP contribution >= 0.6 is 0 Å². The Morgan fingerprint density at radius 2 is 2.28 bits per heavy atom. The molecule has 1 heterocycles. The lowest BCUT2D eigenvalue weighted by Crippen LogP contribution is -2.50. The number of nitrogens with zero attached hydrogens (tertiary/aromatic N) is 1. The summed E-state index contributed by atoms with van der Waals surface area (Å²) in [4.78, 5) is 13.6. The molecule has 5 heteroatoms. The van der Waals surface area contributed by atoms with Crippen LogP contribution in [0.1, 0.15) is 26.7 Å². The maximum atomic E-state index is 11.5. The van der Waals surface area contributed by atoms with Gasteiger partial charge in [0, 0.05) is 25.7 Å². The van der Waals surface area contributed by atoms with Gasteiger partial charge in [-0.3, -0.25) is 9.69 Å². The number of rotatable bonds is 7. The Bertz CT molecular complexity index is 248. The van der Waals surface area contributed by atoms with Gasteiger partial charge in [-0.15, -0.1) is 0 Å². The smallest absolute Gasteiger partial charge is 0.320 e. The zero-order chi connectivity index (χ0) is 13.4. The molecule has 0 bridgehead atoms. The standard InChI is InChI=1S/C13H26N2O3/c1-3-18-13(17)10-15-8-11(2)7-12(9-15)14-5-4-6-16/h11-12,14,16H,3-10H2,1-2H3. The molecule has 0 aliphatic carbocycles. The first-order valence-corrected chi connectivity index (χ1v) is 6.88. The van der Waals surface area contributed by atoms with Gasteiger partial charge < -0.3 is 15.2 Å². The van der Waals surface area contributed by atoms with E-state index in [0.29, 0.717) is 25.1 Å². The van der Waals surface area contributed by atoms with E-state index < -0.39 is 0 Å². The van der Waals surface area contributed by atoms with E-state index >= 15 is 0 Å². The van der Waals surface area contributed by atoms with Gasteiger partial charge in [0.25, 0.3) is 0 Å². The molecule has 2 N–H and O–H groups in total. The predicted molar refractivity (Wildman–Crippen MR) is 70.3 cm³/mol. The number of ether oxygens (including phenoxy) is 1. The molecule has 0 amide bonds. The number of carbonyl (C=O) groups is 1. The third kappa shape index (κ3) is 5.80. The molecular weight excluding hydrogens is 232 g/mol. The summed E-state index contributed by atoms with van der Waals surface area (Å²) in [6.45, 7) is 7.76. The lowest BCUT2D eigenvalue weighted by atomic mass is 9.96. The summed E-state index contributed by atoms with van der Waals surface area (Å²) in [7, 11) is 0. The van der Waals surface area contributed by atoms with Crippen molar-refractivity contribution in [2.45, 2.75) is 32.7 Å². The van der Waals surface area contributed by atoms with Crippen LogP contribution in [0.4, 0.5) is 0 Å². The van der Waals surface area contributed by atoms with Gasteiger partial charge in [0.15, 0.2) is 0 Å². The minimum Gasteiger partial charge on any atom is -0.465 e. The number of carbonyl (C=O) groups excluding carboxylic acids is 1. The Kier molecular flexibility index (Phi) is 7.23. The van der Waals surface area contributed by atoms with Crippen molar-refractivity contribution in [3.05, 3.63) is 0 Å². The molecule has 0 saturated carbocycles. The van der Waals surface area contributed by atoms with Gasteiger partial charge in [0.2, 0.25) is 0 Å². The fraction of sp³-hybridized carbons (Fsp3) is 0.923. The Labute approximate surface area is 109 Å². The number of esters is 1. The van der Waals surface area contributed by atoms with E-state index in [9.17, 15) is 4.79 Å². The van der Waals surface area contributed by atoms with Crippen LogP contribution in [0.15, 0.2) is 0 Å². The highest BCUT2D eigenvalue weighted by molar-refractivity contribution is 5.71. The molecule has 1 fully saturated rings. The molecule has 106 valence electrons. The second-order valence-corrected chi connectivity index (χ2v) is 5.07. The highest BCUT2D eigenvalue weighted by Gasteiger charge is 2.25. The molecule has 0 aromatic rings. The topological polar surface area (TPSA) is 61.8 Å². The summed E-state index contributed by atoms with van der Waals surface area (Å²) in [5.74, 6) is 0.445. The number of piperidine rings is 1. The molecule has 2 atom stereocenters. The SMILES string of the molecule is CCOC(=O)CN1CC(C)CC(NCCCO)C1. The summed E-state index contributed by atoms with van der Waals surface area (Å²) in [6.07, 6.45) is 1.91. The van der Waals surface area contributed by atoms with Gasteiger partial charge in [-0.25, -0.2) is 0 Å². The second-order valence-electron chi connectivity index (χ2n) is 5.07. The van der Waals surface area contributed by atoms with E-state index in [1.165, 1.54) is 0 Å². The summed E-state index contributed by atoms with van der Waals surface area (Å²) < 4.78 is 4.98. The Balaban J connectivity index is 2.33. The van der Waals surface area contributed by atoms with E-state index in [2.05, 4.69) is 17.1 Å². The number of aliphatic hydroxyl groups is 1. The van der Waals surface area contributed by atoms with Crippen molar-refractivity contribution in [3.8, 4) is 0 Å². The van der Waals surface area contributed by atoms with E-state index in [-0.39, 0.29) is 12.6 Å². The van der Waals surface area contributed by atoms with Crippen LogP contribution in [0.5, 0.6) is 0 Å². The molecular formula is C13H26N2O3. The van der Waals surface area contributed by atoms with Crippen molar-refractivity contribution < 1.29 is 14.6 Å².